The Labute approximate surface area is 94.0 Å². The molecule has 3 nitrogen and oxygen atoms in total. The van der Waals surface area contributed by atoms with Gasteiger partial charge >= 0.3 is 0 Å². The van der Waals surface area contributed by atoms with E-state index in [1.54, 1.807) is 0 Å². The molecule has 0 aliphatic carbocycles. The number of hydrogen-bond donors (Lipinski definition) is 3. The zero-order valence-electron chi connectivity index (χ0n) is 9.55. The van der Waals surface area contributed by atoms with Gasteiger partial charge in [0, 0.05) is 38.5 Å². The van der Waals surface area contributed by atoms with Crippen molar-refractivity contribution >= 4 is 12.6 Å². The molecule has 0 amide bonds. The molecule has 4 heteroatoms. The standard InChI is InChI=1S/C10H25N3S/c1-3-7-13(8-4-11-2)9-5-12-6-10-14/h11-12,14H,3-10H2,1-2H3. The number of likely N-dealkylation sites (N-methyl/N-ethyl adjacent to an activating group) is 1. The van der Waals surface area contributed by atoms with Gasteiger partial charge < -0.3 is 15.5 Å². The molecule has 0 aromatic rings. The molecular formula is C10H25N3S. The summed E-state index contributed by atoms with van der Waals surface area (Å²) in [7, 11) is 2.00. The summed E-state index contributed by atoms with van der Waals surface area (Å²) in [6.45, 7) is 8.87. The average molecular weight is 219 g/mol. The molecule has 0 saturated carbocycles. The second-order valence-corrected chi connectivity index (χ2v) is 3.87. The van der Waals surface area contributed by atoms with E-state index in [0.717, 1.165) is 38.5 Å². The third-order valence-corrected chi connectivity index (χ3v) is 2.33. The van der Waals surface area contributed by atoms with Crippen LogP contribution < -0.4 is 10.6 Å². The lowest BCUT2D eigenvalue weighted by molar-refractivity contribution is 0.276. The zero-order valence-corrected chi connectivity index (χ0v) is 10.4. The van der Waals surface area contributed by atoms with Crippen LogP contribution in [0.2, 0.25) is 0 Å². The topological polar surface area (TPSA) is 27.3 Å². The van der Waals surface area contributed by atoms with Crippen LogP contribution in [0.3, 0.4) is 0 Å². The van der Waals surface area contributed by atoms with E-state index in [1.807, 2.05) is 7.05 Å². The molecule has 0 aliphatic rings. The van der Waals surface area contributed by atoms with Crippen LogP contribution in [0.15, 0.2) is 0 Å². The van der Waals surface area contributed by atoms with Gasteiger partial charge in [0.25, 0.3) is 0 Å². The first-order chi connectivity index (χ1) is 6.85. The third-order valence-electron chi connectivity index (χ3n) is 2.11. The van der Waals surface area contributed by atoms with Crippen molar-refractivity contribution < 1.29 is 0 Å². The third kappa shape index (κ3) is 8.81. The minimum absolute atomic E-state index is 0.921. The molecule has 14 heavy (non-hydrogen) atoms. The van der Waals surface area contributed by atoms with Gasteiger partial charge in [0.2, 0.25) is 0 Å². The highest BCUT2D eigenvalue weighted by molar-refractivity contribution is 7.80. The molecule has 0 saturated heterocycles. The fourth-order valence-electron chi connectivity index (χ4n) is 1.36. The van der Waals surface area contributed by atoms with E-state index in [0.29, 0.717) is 0 Å². The number of nitrogens with one attached hydrogen (secondary N) is 2. The van der Waals surface area contributed by atoms with Gasteiger partial charge in [-0.25, -0.2) is 0 Å². The van der Waals surface area contributed by atoms with Gasteiger partial charge in [0.1, 0.15) is 0 Å². The van der Waals surface area contributed by atoms with E-state index in [9.17, 15) is 0 Å². The zero-order chi connectivity index (χ0) is 10.6. The lowest BCUT2D eigenvalue weighted by atomic mass is 10.4. The van der Waals surface area contributed by atoms with Crippen LogP contribution in [0.4, 0.5) is 0 Å². The Morgan fingerprint density at radius 2 is 1.79 bits per heavy atom. The van der Waals surface area contributed by atoms with E-state index in [4.69, 9.17) is 0 Å². The largest absolute Gasteiger partial charge is 0.318 e. The van der Waals surface area contributed by atoms with E-state index < -0.39 is 0 Å². The first-order valence-electron chi connectivity index (χ1n) is 5.53. The van der Waals surface area contributed by atoms with Gasteiger partial charge in [-0.15, -0.1) is 0 Å². The molecule has 0 unspecified atom stereocenters. The van der Waals surface area contributed by atoms with Crippen LogP contribution in [-0.2, 0) is 0 Å². The van der Waals surface area contributed by atoms with Crippen LogP contribution in [0, 0.1) is 0 Å². The highest BCUT2D eigenvalue weighted by atomic mass is 32.1. The molecule has 0 bridgehead atoms. The van der Waals surface area contributed by atoms with Gasteiger partial charge in [0.05, 0.1) is 0 Å². The van der Waals surface area contributed by atoms with Gasteiger partial charge in [0.15, 0.2) is 0 Å². The Hall–Kier alpha value is 0.230. The second-order valence-electron chi connectivity index (χ2n) is 3.42. The molecule has 0 aliphatic heterocycles. The first kappa shape index (κ1) is 14.2. The van der Waals surface area contributed by atoms with Crippen molar-refractivity contribution in [2.24, 2.45) is 0 Å². The number of hydrogen-bond acceptors (Lipinski definition) is 4. The summed E-state index contributed by atoms with van der Waals surface area (Å²) >= 11 is 4.16. The number of nitrogens with zero attached hydrogens (tertiary/aromatic N) is 1. The molecule has 0 aromatic heterocycles. The maximum absolute atomic E-state index is 4.16. The molecule has 0 atom stereocenters. The van der Waals surface area contributed by atoms with Crippen molar-refractivity contribution in [2.45, 2.75) is 13.3 Å². The van der Waals surface area contributed by atoms with Crippen molar-refractivity contribution in [1.29, 1.82) is 0 Å². The fraction of sp³-hybridized carbons (Fsp3) is 1.00. The average Bonchev–Trinajstić information content (AvgIpc) is 2.20. The van der Waals surface area contributed by atoms with Crippen LogP contribution in [0.25, 0.3) is 0 Å². The van der Waals surface area contributed by atoms with Gasteiger partial charge in [-0.05, 0) is 20.0 Å². The fourth-order valence-corrected chi connectivity index (χ4v) is 1.52. The quantitative estimate of drug-likeness (QED) is 0.368. The minimum Gasteiger partial charge on any atom is -0.318 e. The van der Waals surface area contributed by atoms with Gasteiger partial charge in [-0.3, -0.25) is 0 Å². The summed E-state index contributed by atoms with van der Waals surface area (Å²) in [6, 6.07) is 0. The Morgan fingerprint density at radius 1 is 1.07 bits per heavy atom. The predicted octanol–water partition coefficient (Wildman–Crippen LogP) is 0.437. The lowest BCUT2D eigenvalue weighted by Gasteiger charge is -2.21. The normalized spacial score (nSPS) is 11.1. The van der Waals surface area contributed by atoms with E-state index >= 15 is 0 Å². The maximum atomic E-state index is 4.16. The second kappa shape index (κ2) is 11.3. The minimum atomic E-state index is 0.921. The molecule has 0 heterocycles. The van der Waals surface area contributed by atoms with E-state index in [-0.39, 0.29) is 0 Å². The number of rotatable bonds is 10. The number of thiol groups is 1. The molecule has 0 radical (unpaired) electrons. The van der Waals surface area contributed by atoms with Crippen LogP contribution >= 0.6 is 12.6 Å². The molecule has 86 valence electrons. The molecule has 2 N–H and O–H groups in total. The van der Waals surface area contributed by atoms with E-state index in [2.05, 4.69) is 35.1 Å². The van der Waals surface area contributed by atoms with Crippen molar-refractivity contribution in [3.05, 3.63) is 0 Å². The summed E-state index contributed by atoms with van der Waals surface area (Å²) in [5, 5.41) is 6.55. The summed E-state index contributed by atoms with van der Waals surface area (Å²) in [4.78, 5) is 2.49. The Balaban J connectivity index is 3.40. The smallest absolute Gasteiger partial charge is 0.0107 e. The van der Waals surface area contributed by atoms with Crippen molar-refractivity contribution in [3.63, 3.8) is 0 Å². The molecular weight excluding hydrogens is 194 g/mol. The summed E-state index contributed by atoms with van der Waals surface area (Å²) in [6.07, 6.45) is 1.23. The van der Waals surface area contributed by atoms with Crippen LogP contribution in [-0.4, -0.2) is 57.0 Å². The van der Waals surface area contributed by atoms with Crippen molar-refractivity contribution in [1.82, 2.24) is 15.5 Å². The van der Waals surface area contributed by atoms with Crippen LogP contribution in [0.1, 0.15) is 13.3 Å². The summed E-state index contributed by atoms with van der Waals surface area (Å²) in [5.41, 5.74) is 0. The summed E-state index contributed by atoms with van der Waals surface area (Å²) in [5.74, 6) is 0.921. The molecule has 0 fully saturated rings. The van der Waals surface area contributed by atoms with Crippen LogP contribution in [0.5, 0.6) is 0 Å². The summed E-state index contributed by atoms with van der Waals surface area (Å²) < 4.78 is 0. The predicted molar refractivity (Wildman–Crippen MR) is 67.4 cm³/mol. The lowest BCUT2D eigenvalue weighted by Crippen LogP contribution is -2.37. The first-order valence-corrected chi connectivity index (χ1v) is 6.17. The highest BCUT2D eigenvalue weighted by Gasteiger charge is 2.01. The Morgan fingerprint density at radius 3 is 2.36 bits per heavy atom. The monoisotopic (exact) mass is 219 g/mol. The SMILES string of the molecule is CCCN(CCNC)CCNCCS. The van der Waals surface area contributed by atoms with Crippen molar-refractivity contribution in [2.75, 3.05) is 52.1 Å². The maximum Gasteiger partial charge on any atom is 0.0107 e. The van der Waals surface area contributed by atoms with Gasteiger partial charge in [-0.1, -0.05) is 6.92 Å². The van der Waals surface area contributed by atoms with E-state index in [1.165, 1.54) is 13.0 Å². The molecule has 0 aromatic carbocycles. The molecule has 0 spiro atoms. The van der Waals surface area contributed by atoms with Crippen molar-refractivity contribution in [3.8, 4) is 0 Å². The Bertz CT molecular complexity index is 112. The highest BCUT2D eigenvalue weighted by Crippen LogP contribution is 1.89. The Kier molecular flexibility index (Phi) is 11.5. The molecule has 0 rings (SSSR count). The van der Waals surface area contributed by atoms with Gasteiger partial charge in [-0.2, -0.15) is 12.6 Å².